The third kappa shape index (κ3) is 4.55. The van der Waals surface area contributed by atoms with Crippen molar-refractivity contribution in [3.05, 3.63) is 60.1 Å². The van der Waals surface area contributed by atoms with Crippen LogP contribution in [0.3, 0.4) is 0 Å². The molecule has 106 valence electrons. The number of rotatable bonds is 7. The van der Waals surface area contributed by atoms with E-state index in [1.807, 2.05) is 42.5 Å². The molecule has 0 saturated carbocycles. The van der Waals surface area contributed by atoms with E-state index >= 15 is 0 Å². The van der Waals surface area contributed by atoms with E-state index in [1.165, 1.54) is 0 Å². The molecule has 0 aliphatic heterocycles. The quantitative estimate of drug-likeness (QED) is 0.813. The van der Waals surface area contributed by atoms with Gasteiger partial charge in [-0.1, -0.05) is 30.3 Å². The molecule has 2 rings (SSSR count). The van der Waals surface area contributed by atoms with E-state index in [4.69, 9.17) is 10.2 Å². The average Bonchev–Trinajstić information content (AvgIpc) is 2.99. The molecule has 1 aromatic carbocycles. The monoisotopic (exact) mass is 272 g/mol. The Bertz CT molecular complexity index is 509. The average molecular weight is 272 g/mol. The number of carbonyl (C=O) groups excluding carboxylic acids is 1. The van der Waals surface area contributed by atoms with Gasteiger partial charge in [0.15, 0.2) is 0 Å². The molecule has 0 aliphatic carbocycles. The Morgan fingerprint density at radius 2 is 2.00 bits per heavy atom. The second-order valence-corrected chi connectivity index (χ2v) is 4.74. The molecular weight excluding hydrogens is 252 g/mol. The normalized spacial score (nSPS) is 12.1. The first-order chi connectivity index (χ1) is 9.75. The highest BCUT2D eigenvalue weighted by molar-refractivity contribution is 5.76. The molecule has 2 aromatic rings. The van der Waals surface area contributed by atoms with Gasteiger partial charge in [0.1, 0.15) is 5.76 Å². The van der Waals surface area contributed by atoms with Crippen LogP contribution in [0.4, 0.5) is 0 Å². The van der Waals surface area contributed by atoms with Crippen LogP contribution in [0.15, 0.2) is 53.1 Å². The highest BCUT2D eigenvalue weighted by atomic mass is 16.3. The number of nitrogens with one attached hydrogen (secondary N) is 1. The fourth-order valence-electron chi connectivity index (χ4n) is 2.01. The van der Waals surface area contributed by atoms with Crippen LogP contribution < -0.4 is 11.1 Å². The number of carbonyl (C=O) groups is 1. The summed E-state index contributed by atoms with van der Waals surface area (Å²) in [6.45, 7) is 0.590. The second kappa shape index (κ2) is 7.50. The first kappa shape index (κ1) is 14.3. The van der Waals surface area contributed by atoms with Gasteiger partial charge in [0, 0.05) is 25.4 Å². The van der Waals surface area contributed by atoms with Gasteiger partial charge < -0.3 is 15.5 Å². The predicted octanol–water partition coefficient (Wildman–Crippen LogP) is 2.42. The van der Waals surface area contributed by atoms with Crippen LogP contribution in [0.5, 0.6) is 0 Å². The maximum Gasteiger partial charge on any atom is 0.220 e. The molecule has 1 unspecified atom stereocenters. The van der Waals surface area contributed by atoms with Gasteiger partial charge in [0.2, 0.25) is 5.91 Å². The molecule has 1 amide bonds. The lowest BCUT2D eigenvalue weighted by atomic mass is 10.1. The summed E-state index contributed by atoms with van der Waals surface area (Å²) < 4.78 is 5.18. The van der Waals surface area contributed by atoms with E-state index in [9.17, 15) is 4.79 Å². The van der Waals surface area contributed by atoms with Crippen molar-refractivity contribution in [2.24, 2.45) is 5.73 Å². The SMILES string of the molecule is NC(CCNC(=O)CCc1ccco1)c1ccccc1. The summed E-state index contributed by atoms with van der Waals surface area (Å²) in [6.07, 6.45) is 3.42. The topological polar surface area (TPSA) is 68.3 Å². The molecule has 3 N–H and O–H groups in total. The summed E-state index contributed by atoms with van der Waals surface area (Å²) in [7, 11) is 0. The van der Waals surface area contributed by atoms with Crippen molar-refractivity contribution in [1.82, 2.24) is 5.32 Å². The Labute approximate surface area is 119 Å². The summed E-state index contributed by atoms with van der Waals surface area (Å²) in [5, 5.41) is 2.89. The minimum Gasteiger partial charge on any atom is -0.469 e. The van der Waals surface area contributed by atoms with Gasteiger partial charge in [-0.3, -0.25) is 4.79 Å². The predicted molar refractivity (Wildman–Crippen MR) is 78.0 cm³/mol. The Hall–Kier alpha value is -2.07. The zero-order valence-electron chi connectivity index (χ0n) is 11.4. The minimum atomic E-state index is -0.0402. The minimum absolute atomic E-state index is 0.0293. The summed E-state index contributed by atoms with van der Waals surface area (Å²) >= 11 is 0. The number of hydrogen-bond donors (Lipinski definition) is 2. The number of nitrogens with two attached hydrogens (primary N) is 1. The molecule has 4 nitrogen and oxygen atoms in total. The largest absolute Gasteiger partial charge is 0.469 e. The first-order valence-corrected chi connectivity index (χ1v) is 6.85. The summed E-state index contributed by atoms with van der Waals surface area (Å²) in [5.41, 5.74) is 7.16. The number of furan rings is 1. The Morgan fingerprint density at radius 1 is 1.20 bits per heavy atom. The van der Waals surface area contributed by atoms with Crippen molar-refractivity contribution in [2.45, 2.75) is 25.3 Å². The zero-order chi connectivity index (χ0) is 14.2. The molecule has 1 heterocycles. The van der Waals surface area contributed by atoms with Gasteiger partial charge in [0.25, 0.3) is 0 Å². The smallest absolute Gasteiger partial charge is 0.220 e. The van der Waals surface area contributed by atoms with Crippen LogP contribution in [-0.4, -0.2) is 12.5 Å². The second-order valence-electron chi connectivity index (χ2n) is 4.74. The molecule has 0 radical (unpaired) electrons. The van der Waals surface area contributed by atoms with Crippen LogP contribution in [-0.2, 0) is 11.2 Å². The van der Waals surface area contributed by atoms with Crippen molar-refractivity contribution in [2.75, 3.05) is 6.54 Å². The van der Waals surface area contributed by atoms with Crippen LogP contribution in [0.25, 0.3) is 0 Å². The zero-order valence-corrected chi connectivity index (χ0v) is 11.4. The number of benzene rings is 1. The first-order valence-electron chi connectivity index (χ1n) is 6.85. The fraction of sp³-hybridized carbons (Fsp3) is 0.312. The molecule has 1 atom stereocenters. The third-order valence-corrected chi connectivity index (χ3v) is 3.18. The highest BCUT2D eigenvalue weighted by Crippen LogP contribution is 2.12. The van der Waals surface area contributed by atoms with Crippen LogP contribution in [0.1, 0.15) is 30.2 Å². The van der Waals surface area contributed by atoms with E-state index in [0.29, 0.717) is 19.4 Å². The van der Waals surface area contributed by atoms with E-state index in [0.717, 1.165) is 17.7 Å². The number of hydrogen-bond acceptors (Lipinski definition) is 3. The molecule has 0 aliphatic rings. The maximum atomic E-state index is 11.7. The van der Waals surface area contributed by atoms with E-state index in [1.54, 1.807) is 6.26 Å². The Balaban J connectivity index is 1.64. The van der Waals surface area contributed by atoms with Crippen molar-refractivity contribution in [3.8, 4) is 0 Å². The van der Waals surface area contributed by atoms with Crippen molar-refractivity contribution < 1.29 is 9.21 Å². The van der Waals surface area contributed by atoms with Crippen LogP contribution in [0.2, 0.25) is 0 Å². The molecular formula is C16H20N2O2. The summed E-state index contributed by atoms with van der Waals surface area (Å²) in [4.78, 5) is 11.7. The van der Waals surface area contributed by atoms with Crippen molar-refractivity contribution >= 4 is 5.91 Å². The van der Waals surface area contributed by atoms with E-state index in [2.05, 4.69) is 5.32 Å². The van der Waals surface area contributed by atoms with Gasteiger partial charge >= 0.3 is 0 Å². The van der Waals surface area contributed by atoms with Crippen LogP contribution >= 0.6 is 0 Å². The standard InChI is InChI=1S/C16H20N2O2/c17-15(13-5-2-1-3-6-13)10-11-18-16(19)9-8-14-7-4-12-20-14/h1-7,12,15H,8-11,17H2,(H,18,19). The fourth-order valence-corrected chi connectivity index (χ4v) is 2.01. The summed E-state index contributed by atoms with van der Waals surface area (Å²) in [6, 6.07) is 13.6. The van der Waals surface area contributed by atoms with E-state index in [-0.39, 0.29) is 11.9 Å². The molecule has 0 fully saturated rings. The Kier molecular flexibility index (Phi) is 5.38. The molecule has 20 heavy (non-hydrogen) atoms. The van der Waals surface area contributed by atoms with Gasteiger partial charge in [-0.05, 0) is 24.1 Å². The molecule has 0 spiro atoms. The lowest BCUT2D eigenvalue weighted by molar-refractivity contribution is -0.121. The number of amides is 1. The van der Waals surface area contributed by atoms with Crippen LogP contribution in [0, 0.1) is 0 Å². The van der Waals surface area contributed by atoms with E-state index < -0.39 is 0 Å². The molecule has 4 heteroatoms. The van der Waals surface area contributed by atoms with Crippen molar-refractivity contribution in [3.63, 3.8) is 0 Å². The van der Waals surface area contributed by atoms with Gasteiger partial charge in [-0.25, -0.2) is 0 Å². The number of aryl methyl sites for hydroxylation is 1. The lowest BCUT2D eigenvalue weighted by Gasteiger charge is -2.12. The van der Waals surface area contributed by atoms with Gasteiger partial charge in [-0.2, -0.15) is 0 Å². The maximum absolute atomic E-state index is 11.7. The molecule has 0 saturated heterocycles. The van der Waals surface area contributed by atoms with Gasteiger partial charge in [-0.15, -0.1) is 0 Å². The molecule has 1 aromatic heterocycles. The lowest BCUT2D eigenvalue weighted by Crippen LogP contribution is -2.27. The Morgan fingerprint density at radius 3 is 2.70 bits per heavy atom. The highest BCUT2D eigenvalue weighted by Gasteiger charge is 2.07. The third-order valence-electron chi connectivity index (χ3n) is 3.18. The van der Waals surface area contributed by atoms with Crippen molar-refractivity contribution in [1.29, 1.82) is 0 Å². The van der Waals surface area contributed by atoms with Gasteiger partial charge in [0.05, 0.1) is 6.26 Å². The molecule has 0 bridgehead atoms. The summed E-state index contributed by atoms with van der Waals surface area (Å²) in [5.74, 6) is 0.864.